The molecule has 0 saturated carbocycles. The molecule has 5 heteroatoms. The Hall–Kier alpha value is -3.13. The molecule has 2 atom stereocenters. The summed E-state index contributed by atoms with van der Waals surface area (Å²) in [6.45, 7) is 0.452. The maximum Gasteiger partial charge on any atom is 0.309 e. The molecule has 1 fully saturated rings. The lowest BCUT2D eigenvalue weighted by molar-refractivity contribution is -0.142. The van der Waals surface area contributed by atoms with E-state index in [-0.39, 0.29) is 12.3 Å². The minimum atomic E-state index is -0.983. The maximum absolute atomic E-state index is 12.4. The number of carbonyl (C=O) groups excluding carboxylic acids is 1. The van der Waals surface area contributed by atoms with Crippen LogP contribution in [0.15, 0.2) is 54.6 Å². The highest BCUT2D eigenvalue weighted by Gasteiger charge is 2.44. The van der Waals surface area contributed by atoms with Crippen molar-refractivity contribution in [2.24, 2.45) is 5.92 Å². The number of hydrogen-bond donors (Lipinski definition) is 1. The van der Waals surface area contributed by atoms with Crippen molar-refractivity contribution in [2.75, 3.05) is 6.54 Å². The van der Waals surface area contributed by atoms with Crippen LogP contribution in [0.2, 0.25) is 0 Å². The SMILES string of the molecule is N#Cc1cccc([C@H]2[C@@H](C(=O)O)CC(=O)N2CCc2ccccc2)c1. The van der Waals surface area contributed by atoms with E-state index in [1.165, 1.54) is 0 Å². The summed E-state index contributed by atoms with van der Waals surface area (Å²) >= 11 is 0. The first-order valence-corrected chi connectivity index (χ1v) is 8.16. The fourth-order valence-corrected chi connectivity index (χ4v) is 3.37. The lowest BCUT2D eigenvalue weighted by atomic mass is 9.92. The van der Waals surface area contributed by atoms with Crippen LogP contribution in [0.5, 0.6) is 0 Å². The molecule has 5 nitrogen and oxygen atoms in total. The number of nitriles is 1. The van der Waals surface area contributed by atoms with Crippen molar-refractivity contribution in [1.82, 2.24) is 4.90 Å². The molecule has 2 aromatic rings. The van der Waals surface area contributed by atoms with E-state index in [0.29, 0.717) is 24.1 Å². The molecule has 1 saturated heterocycles. The first kappa shape index (κ1) is 16.7. The Morgan fingerprint density at radius 1 is 1.20 bits per heavy atom. The number of hydrogen-bond acceptors (Lipinski definition) is 3. The molecule has 0 spiro atoms. The summed E-state index contributed by atoms with van der Waals surface area (Å²) in [6, 6.07) is 18.2. The van der Waals surface area contributed by atoms with Gasteiger partial charge < -0.3 is 10.0 Å². The summed E-state index contributed by atoms with van der Waals surface area (Å²) in [5.74, 6) is -1.93. The van der Waals surface area contributed by atoms with Gasteiger partial charge in [-0.1, -0.05) is 42.5 Å². The van der Waals surface area contributed by atoms with Crippen LogP contribution in [0.3, 0.4) is 0 Å². The van der Waals surface area contributed by atoms with Gasteiger partial charge in [-0.25, -0.2) is 0 Å². The third-order valence-corrected chi connectivity index (χ3v) is 4.59. The minimum absolute atomic E-state index is 0.00836. The van der Waals surface area contributed by atoms with E-state index in [9.17, 15) is 14.7 Å². The van der Waals surface area contributed by atoms with Gasteiger partial charge in [-0.2, -0.15) is 5.26 Å². The number of likely N-dealkylation sites (tertiary alicyclic amines) is 1. The molecule has 2 aromatic carbocycles. The summed E-state index contributed by atoms with van der Waals surface area (Å²) in [7, 11) is 0. The second-order valence-corrected chi connectivity index (χ2v) is 6.15. The van der Waals surface area contributed by atoms with Crippen LogP contribution >= 0.6 is 0 Å². The Balaban J connectivity index is 1.89. The Kier molecular flexibility index (Phi) is 4.80. The molecule has 1 heterocycles. The van der Waals surface area contributed by atoms with Crippen LogP contribution in [-0.4, -0.2) is 28.4 Å². The number of nitrogens with zero attached hydrogens (tertiary/aromatic N) is 2. The zero-order chi connectivity index (χ0) is 17.8. The second kappa shape index (κ2) is 7.18. The van der Waals surface area contributed by atoms with Crippen molar-refractivity contribution >= 4 is 11.9 Å². The number of aliphatic carboxylic acids is 1. The standard InChI is InChI=1S/C20H18N2O3/c21-13-15-7-4-8-16(11-15)19-17(20(24)25)12-18(23)22(19)10-9-14-5-2-1-3-6-14/h1-8,11,17,19H,9-10,12H2,(H,24,25)/t17-,19-/m0/s1. The van der Waals surface area contributed by atoms with Gasteiger partial charge in [-0.15, -0.1) is 0 Å². The number of benzene rings is 2. The van der Waals surface area contributed by atoms with E-state index in [1.807, 2.05) is 30.3 Å². The van der Waals surface area contributed by atoms with Crippen LogP contribution < -0.4 is 0 Å². The number of carboxylic acids is 1. The monoisotopic (exact) mass is 334 g/mol. The third-order valence-electron chi connectivity index (χ3n) is 4.59. The van der Waals surface area contributed by atoms with Gasteiger partial charge in [0.25, 0.3) is 0 Å². The van der Waals surface area contributed by atoms with Gasteiger partial charge in [0.15, 0.2) is 0 Å². The van der Waals surface area contributed by atoms with Crippen LogP contribution in [0.4, 0.5) is 0 Å². The zero-order valence-corrected chi connectivity index (χ0v) is 13.6. The molecule has 0 unspecified atom stereocenters. The first-order chi connectivity index (χ1) is 12.1. The summed E-state index contributed by atoms with van der Waals surface area (Å²) < 4.78 is 0. The summed E-state index contributed by atoms with van der Waals surface area (Å²) in [5.41, 5.74) is 2.26. The number of amides is 1. The predicted molar refractivity (Wildman–Crippen MR) is 91.5 cm³/mol. The number of carbonyl (C=O) groups is 2. The predicted octanol–water partition coefficient (Wildman–Crippen LogP) is 2.78. The van der Waals surface area contributed by atoms with Gasteiger partial charge in [0.1, 0.15) is 0 Å². The van der Waals surface area contributed by atoms with Gasteiger partial charge in [0.2, 0.25) is 5.91 Å². The molecule has 0 aliphatic carbocycles. The van der Waals surface area contributed by atoms with Crippen molar-refractivity contribution in [3.63, 3.8) is 0 Å². The molecule has 0 bridgehead atoms. The lowest BCUT2D eigenvalue weighted by Crippen LogP contribution is -2.32. The molecular formula is C20H18N2O3. The van der Waals surface area contributed by atoms with Gasteiger partial charge in [-0.05, 0) is 29.7 Å². The molecule has 1 amide bonds. The highest BCUT2D eigenvalue weighted by molar-refractivity contribution is 5.87. The molecular weight excluding hydrogens is 316 g/mol. The minimum Gasteiger partial charge on any atom is -0.481 e. The van der Waals surface area contributed by atoms with Gasteiger partial charge in [0.05, 0.1) is 23.6 Å². The van der Waals surface area contributed by atoms with Gasteiger partial charge in [0, 0.05) is 13.0 Å². The smallest absolute Gasteiger partial charge is 0.309 e. The number of carboxylic acid groups (broad SMARTS) is 1. The van der Waals surface area contributed by atoms with Crippen molar-refractivity contribution in [2.45, 2.75) is 18.9 Å². The highest BCUT2D eigenvalue weighted by atomic mass is 16.4. The van der Waals surface area contributed by atoms with Crippen LogP contribution in [0.1, 0.15) is 29.2 Å². The van der Waals surface area contributed by atoms with E-state index in [4.69, 9.17) is 5.26 Å². The molecule has 0 aromatic heterocycles. The second-order valence-electron chi connectivity index (χ2n) is 6.15. The van der Waals surface area contributed by atoms with Gasteiger partial charge >= 0.3 is 5.97 Å². The average Bonchev–Trinajstić information content (AvgIpc) is 2.97. The largest absolute Gasteiger partial charge is 0.481 e. The summed E-state index contributed by atoms with van der Waals surface area (Å²) in [4.78, 5) is 25.7. The maximum atomic E-state index is 12.4. The molecule has 126 valence electrons. The van der Waals surface area contributed by atoms with E-state index in [0.717, 1.165) is 5.56 Å². The Morgan fingerprint density at radius 3 is 2.64 bits per heavy atom. The molecule has 25 heavy (non-hydrogen) atoms. The molecule has 0 radical (unpaired) electrons. The van der Waals surface area contributed by atoms with Crippen molar-refractivity contribution in [3.8, 4) is 6.07 Å². The fraction of sp³-hybridized carbons (Fsp3) is 0.250. The Morgan fingerprint density at radius 2 is 1.96 bits per heavy atom. The van der Waals surface area contributed by atoms with Crippen molar-refractivity contribution in [1.29, 1.82) is 5.26 Å². The normalized spacial score (nSPS) is 19.6. The molecule has 1 aliphatic heterocycles. The van der Waals surface area contributed by atoms with Crippen molar-refractivity contribution < 1.29 is 14.7 Å². The van der Waals surface area contributed by atoms with E-state index >= 15 is 0 Å². The fourth-order valence-electron chi connectivity index (χ4n) is 3.37. The van der Waals surface area contributed by atoms with Crippen LogP contribution in [0.25, 0.3) is 0 Å². The third kappa shape index (κ3) is 3.53. The molecule has 1 aliphatic rings. The molecule has 3 rings (SSSR count). The first-order valence-electron chi connectivity index (χ1n) is 8.16. The Bertz CT molecular complexity index is 826. The van der Waals surface area contributed by atoms with Gasteiger partial charge in [-0.3, -0.25) is 9.59 Å². The topological polar surface area (TPSA) is 81.4 Å². The van der Waals surface area contributed by atoms with E-state index < -0.39 is 17.9 Å². The zero-order valence-electron chi connectivity index (χ0n) is 13.6. The highest BCUT2D eigenvalue weighted by Crippen LogP contribution is 2.38. The van der Waals surface area contributed by atoms with Crippen LogP contribution in [-0.2, 0) is 16.0 Å². The lowest BCUT2D eigenvalue weighted by Gasteiger charge is -2.27. The van der Waals surface area contributed by atoms with Crippen molar-refractivity contribution in [3.05, 3.63) is 71.3 Å². The average molecular weight is 334 g/mol. The summed E-state index contributed by atoms with van der Waals surface area (Å²) in [5, 5.41) is 18.7. The Labute approximate surface area is 146 Å². The molecule has 1 N–H and O–H groups in total. The number of rotatable bonds is 5. The van der Waals surface area contributed by atoms with E-state index in [2.05, 4.69) is 6.07 Å². The summed E-state index contributed by atoms with van der Waals surface area (Å²) in [6.07, 6.45) is 0.652. The van der Waals surface area contributed by atoms with E-state index in [1.54, 1.807) is 29.2 Å². The quantitative estimate of drug-likeness (QED) is 0.911. The van der Waals surface area contributed by atoms with Crippen LogP contribution in [0, 0.1) is 17.2 Å².